The van der Waals surface area contributed by atoms with E-state index in [9.17, 15) is 12.8 Å². The quantitative estimate of drug-likeness (QED) is 0.663. The Morgan fingerprint density at radius 2 is 2.08 bits per heavy atom. The standard InChI is InChI=1S/C18H17FN2O3S2/c19-13-5-3-7-15(11-13)26(22,23)21(12-14-6-4-10-24-14)18-20-16-8-1-2-9-17(16)25-18/h1-3,5,7-9,11,14H,4,6,10,12H2/t14-/m0/s1. The van der Waals surface area contributed by atoms with E-state index in [0.29, 0.717) is 11.7 Å². The van der Waals surface area contributed by atoms with Crippen LogP contribution in [-0.2, 0) is 14.8 Å². The van der Waals surface area contributed by atoms with Gasteiger partial charge in [-0.2, -0.15) is 0 Å². The van der Waals surface area contributed by atoms with E-state index < -0.39 is 15.8 Å². The van der Waals surface area contributed by atoms with Crippen LogP contribution in [0.5, 0.6) is 0 Å². The molecule has 0 radical (unpaired) electrons. The predicted molar refractivity (Wildman–Crippen MR) is 99.5 cm³/mol. The molecule has 0 unspecified atom stereocenters. The summed E-state index contributed by atoms with van der Waals surface area (Å²) in [6.45, 7) is 0.789. The van der Waals surface area contributed by atoms with Gasteiger partial charge in [-0.05, 0) is 43.2 Å². The molecule has 1 aliphatic heterocycles. The van der Waals surface area contributed by atoms with Gasteiger partial charge in [-0.25, -0.2) is 22.1 Å². The van der Waals surface area contributed by atoms with Crippen LogP contribution in [0.4, 0.5) is 9.52 Å². The average molecular weight is 392 g/mol. The molecule has 26 heavy (non-hydrogen) atoms. The molecule has 0 aliphatic carbocycles. The molecule has 1 aromatic heterocycles. The maximum absolute atomic E-state index is 13.6. The fourth-order valence-electron chi connectivity index (χ4n) is 2.97. The Morgan fingerprint density at radius 3 is 2.81 bits per heavy atom. The minimum atomic E-state index is -3.95. The van der Waals surface area contributed by atoms with Crippen molar-refractivity contribution in [3.63, 3.8) is 0 Å². The van der Waals surface area contributed by atoms with Gasteiger partial charge in [-0.15, -0.1) is 0 Å². The van der Waals surface area contributed by atoms with Crippen molar-refractivity contribution in [2.45, 2.75) is 23.8 Å². The van der Waals surface area contributed by atoms with Gasteiger partial charge in [0.15, 0.2) is 0 Å². The SMILES string of the molecule is O=S(=O)(c1cccc(F)c1)N(C[C@@H]1CCCO1)c1nc2ccccc2s1. The minimum Gasteiger partial charge on any atom is -0.376 e. The van der Waals surface area contributed by atoms with Crippen molar-refractivity contribution in [1.29, 1.82) is 0 Å². The zero-order valence-electron chi connectivity index (χ0n) is 13.8. The lowest BCUT2D eigenvalue weighted by Crippen LogP contribution is -2.37. The lowest BCUT2D eigenvalue weighted by Gasteiger charge is -2.24. The van der Waals surface area contributed by atoms with Gasteiger partial charge in [-0.3, -0.25) is 0 Å². The third kappa shape index (κ3) is 3.32. The summed E-state index contributed by atoms with van der Waals surface area (Å²) in [6, 6.07) is 12.5. The monoisotopic (exact) mass is 392 g/mol. The van der Waals surface area contributed by atoms with E-state index in [1.165, 1.54) is 33.8 Å². The molecule has 5 nitrogen and oxygen atoms in total. The van der Waals surface area contributed by atoms with E-state index in [-0.39, 0.29) is 17.5 Å². The molecule has 1 fully saturated rings. The number of rotatable bonds is 5. The minimum absolute atomic E-state index is 0.0882. The first-order valence-electron chi connectivity index (χ1n) is 8.29. The van der Waals surface area contributed by atoms with Crippen LogP contribution in [0.2, 0.25) is 0 Å². The molecule has 1 saturated heterocycles. The van der Waals surface area contributed by atoms with Crippen LogP contribution >= 0.6 is 11.3 Å². The summed E-state index contributed by atoms with van der Waals surface area (Å²) in [7, 11) is -3.95. The molecule has 2 aromatic carbocycles. The van der Waals surface area contributed by atoms with Crippen molar-refractivity contribution in [2.24, 2.45) is 0 Å². The van der Waals surface area contributed by atoms with Crippen molar-refractivity contribution in [3.8, 4) is 0 Å². The number of hydrogen-bond acceptors (Lipinski definition) is 5. The summed E-state index contributed by atoms with van der Waals surface area (Å²) >= 11 is 1.30. The third-order valence-corrected chi connectivity index (χ3v) is 7.20. The van der Waals surface area contributed by atoms with Gasteiger partial charge in [-0.1, -0.05) is 29.5 Å². The highest BCUT2D eigenvalue weighted by Gasteiger charge is 2.31. The summed E-state index contributed by atoms with van der Waals surface area (Å²) < 4.78 is 47.8. The van der Waals surface area contributed by atoms with Gasteiger partial charge in [0.05, 0.1) is 27.8 Å². The number of benzene rings is 2. The molecule has 0 amide bonds. The Bertz CT molecular complexity index is 997. The van der Waals surface area contributed by atoms with E-state index in [2.05, 4.69) is 4.98 Å². The van der Waals surface area contributed by atoms with Gasteiger partial charge in [0.25, 0.3) is 10.0 Å². The normalized spacial score (nSPS) is 17.7. The summed E-state index contributed by atoms with van der Waals surface area (Å²) in [6.07, 6.45) is 1.50. The number of nitrogens with zero attached hydrogens (tertiary/aromatic N) is 2. The molecule has 0 bridgehead atoms. The number of ether oxygens (including phenoxy) is 1. The number of para-hydroxylation sites is 1. The lowest BCUT2D eigenvalue weighted by molar-refractivity contribution is 0.118. The molecule has 8 heteroatoms. The number of thiazole rings is 1. The number of halogens is 1. The summed E-state index contributed by atoms with van der Waals surface area (Å²) in [4.78, 5) is 4.40. The zero-order valence-corrected chi connectivity index (χ0v) is 15.5. The number of hydrogen-bond donors (Lipinski definition) is 0. The Morgan fingerprint density at radius 1 is 1.23 bits per heavy atom. The van der Waals surface area contributed by atoms with Crippen LogP contribution in [0.25, 0.3) is 10.2 Å². The Hall–Kier alpha value is -2.03. The van der Waals surface area contributed by atoms with Crippen molar-refractivity contribution in [2.75, 3.05) is 17.5 Å². The predicted octanol–water partition coefficient (Wildman–Crippen LogP) is 3.81. The second-order valence-electron chi connectivity index (χ2n) is 6.09. The first kappa shape index (κ1) is 17.4. The first-order valence-corrected chi connectivity index (χ1v) is 10.6. The van der Waals surface area contributed by atoms with E-state index in [0.717, 1.165) is 29.1 Å². The van der Waals surface area contributed by atoms with E-state index in [1.807, 2.05) is 24.3 Å². The highest BCUT2D eigenvalue weighted by molar-refractivity contribution is 7.93. The maximum atomic E-state index is 13.6. The number of aromatic nitrogens is 1. The smallest absolute Gasteiger partial charge is 0.266 e. The fourth-order valence-corrected chi connectivity index (χ4v) is 5.64. The lowest BCUT2D eigenvalue weighted by atomic mass is 10.2. The van der Waals surface area contributed by atoms with Crippen LogP contribution in [0.1, 0.15) is 12.8 Å². The van der Waals surface area contributed by atoms with Crippen molar-refractivity contribution in [3.05, 3.63) is 54.3 Å². The summed E-state index contributed by atoms with van der Waals surface area (Å²) in [5.74, 6) is -0.590. The van der Waals surface area contributed by atoms with Gasteiger partial charge in [0, 0.05) is 6.61 Å². The van der Waals surface area contributed by atoms with E-state index in [1.54, 1.807) is 0 Å². The highest BCUT2D eigenvalue weighted by Crippen LogP contribution is 2.33. The Balaban J connectivity index is 1.79. The molecule has 0 spiro atoms. The van der Waals surface area contributed by atoms with Crippen molar-refractivity contribution < 1.29 is 17.5 Å². The molecule has 3 aromatic rings. The molecule has 1 atom stereocenters. The van der Waals surface area contributed by atoms with Crippen LogP contribution in [-0.4, -0.2) is 32.7 Å². The maximum Gasteiger partial charge on any atom is 0.266 e. The second kappa shape index (κ2) is 6.94. The molecule has 0 saturated carbocycles. The highest BCUT2D eigenvalue weighted by atomic mass is 32.2. The largest absolute Gasteiger partial charge is 0.376 e. The number of sulfonamides is 1. The van der Waals surface area contributed by atoms with E-state index in [4.69, 9.17) is 4.74 Å². The van der Waals surface area contributed by atoms with Gasteiger partial charge >= 0.3 is 0 Å². The zero-order chi connectivity index (χ0) is 18.1. The molecule has 4 rings (SSSR count). The summed E-state index contributed by atoms with van der Waals surface area (Å²) in [5, 5.41) is 0.367. The molecule has 0 N–H and O–H groups in total. The van der Waals surface area contributed by atoms with Crippen LogP contribution in [0.15, 0.2) is 53.4 Å². The van der Waals surface area contributed by atoms with Gasteiger partial charge in [0.2, 0.25) is 5.13 Å². The summed E-state index contributed by atoms with van der Waals surface area (Å²) in [5.41, 5.74) is 0.735. The van der Waals surface area contributed by atoms with Crippen molar-refractivity contribution in [1.82, 2.24) is 4.98 Å². The van der Waals surface area contributed by atoms with E-state index >= 15 is 0 Å². The molecule has 2 heterocycles. The Kier molecular flexibility index (Phi) is 4.64. The van der Waals surface area contributed by atoms with Gasteiger partial charge in [0.1, 0.15) is 5.82 Å². The molecular formula is C18H17FN2O3S2. The molecule has 136 valence electrons. The molecule has 1 aliphatic rings. The van der Waals surface area contributed by atoms with Crippen LogP contribution in [0, 0.1) is 5.82 Å². The molecular weight excluding hydrogens is 375 g/mol. The van der Waals surface area contributed by atoms with Crippen LogP contribution < -0.4 is 4.31 Å². The van der Waals surface area contributed by atoms with Crippen molar-refractivity contribution >= 4 is 36.7 Å². The first-order chi connectivity index (χ1) is 12.5. The average Bonchev–Trinajstić information content (AvgIpc) is 3.28. The fraction of sp³-hybridized carbons (Fsp3) is 0.278. The number of anilines is 1. The number of fused-ring (bicyclic) bond motifs is 1. The van der Waals surface area contributed by atoms with Gasteiger partial charge < -0.3 is 4.74 Å². The third-order valence-electron chi connectivity index (χ3n) is 4.27. The second-order valence-corrected chi connectivity index (χ2v) is 8.96. The topological polar surface area (TPSA) is 59.5 Å². The Labute approximate surface area is 155 Å². The van der Waals surface area contributed by atoms with Crippen LogP contribution in [0.3, 0.4) is 0 Å².